The van der Waals surface area contributed by atoms with E-state index in [1.54, 1.807) is 68.4 Å². The Morgan fingerprint density at radius 3 is 2.59 bits per heavy atom. The predicted molar refractivity (Wildman–Crippen MR) is 167 cm³/mol. The maximum absolute atomic E-state index is 12.7. The molecule has 0 bridgehead atoms. The van der Waals surface area contributed by atoms with Crippen molar-refractivity contribution in [2.45, 2.75) is 26.5 Å². The first-order valence-corrected chi connectivity index (χ1v) is 14.1. The van der Waals surface area contributed by atoms with Crippen LogP contribution < -0.4 is 25.5 Å². The first-order valence-electron chi connectivity index (χ1n) is 13.3. The molecule has 0 aromatic heterocycles. The molecule has 228 valence electrons. The average molecular weight is 638 g/mol. The molecule has 1 aliphatic heterocycles. The summed E-state index contributed by atoms with van der Waals surface area (Å²) in [6.07, 6.45) is 1.38. The molecule has 3 N–H and O–H groups in total. The second-order valence-electron chi connectivity index (χ2n) is 9.30. The van der Waals surface area contributed by atoms with Crippen LogP contribution in [0.3, 0.4) is 0 Å². The minimum absolute atomic E-state index is 0.0170. The number of benzene rings is 3. The Kier molecular flexibility index (Phi) is 10.8. The van der Waals surface area contributed by atoms with E-state index in [-0.39, 0.29) is 25.5 Å². The van der Waals surface area contributed by atoms with E-state index in [1.807, 2.05) is 0 Å². The van der Waals surface area contributed by atoms with Crippen LogP contribution in [0.2, 0.25) is 5.02 Å². The molecule has 0 saturated heterocycles. The van der Waals surface area contributed by atoms with Crippen molar-refractivity contribution in [2.75, 3.05) is 13.2 Å². The normalized spacial score (nSPS) is 14.4. The third-order valence-corrected chi connectivity index (χ3v) is 6.71. The lowest BCUT2D eigenvalue weighted by Crippen LogP contribution is -2.45. The summed E-state index contributed by atoms with van der Waals surface area (Å²) in [6.45, 7) is 3.42. The summed E-state index contributed by atoms with van der Waals surface area (Å²) >= 11 is 11.5. The number of nitrogens with zero attached hydrogens (tertiary/aromatic N) is 2. The molecule has 0 saturated carbocycles. The van der Waals surface area contributed by atoms with Crippen molar-refractivity contribution < 1.29 is 28.7 Å². The highest BCUT2D eigenvalue weighted by molar-refractivity contribution is 7.80. The van der Waals surface area contributed by atoms with E-state index in [9.17, 15) is 19.7 Å². The molecule has 3 aromatic rings. The molecule has 12 nitrogen and oxygen atoms in total. The standard InChI is InChI=1S/C30H28ClN5O7S/c1-3-41-29(38)27-18(2)33-30(44)34-28(27)23-6-4-5-7-25(23)43-17-26(37)35-32-15-20-14-21(31)10-13-24(20)42-16-19-8-11-22(12-9-19)36(39)40/h4-15,28H,3,16-17H2,1-2H3,(H,35,37)(H2,33,34,44)/t28-/m1/s1. The number of halogens is 1. The molecule has 44 heavy (non-hydrogen) atoms. The van der Waals surface area contributed by atoms with Crippen LogP contribution in [0.15, 0.2) is 83.1 Å². The number of rotatable bonds is 12. The Labute approximate surface area is 263 Å². The van der Waals surface area contributed by atoms with Crippen molar-refractivity contribution in [1.29, 1.82) is 0 Å². The molecular formula is C30H28ClN5O7S. The van der Waals surface area contributed by atoms with E-state index < -0.39 is 22.8 Å². The highest BCUT2D eigenvalue weighted by Crippen LogP contribution is 2.33. The number of carbonyl (C=O) groups is 2. The first-order chi connectivity index (χ1) is 21.2. The van der Waals surface area contributed by atoms with E-state index in [2.05, 4.69) is 21.2 Å². The Balaban J connectivity index is 1.40. The number of para-hydroxylation sites is 1. The lowest BCUT2D eigenvalue weighted by molar-refractivity contribution is -0.384. The van der Waals surface area contributed by atoms with Crippen LogP contribution in [0.1, 0.15) is 36.6 Å². The molecule has 0 aliphatic carbocycles. The van der Waals surface area contributed by atoms with Gasteiger partial charge in [-0.3, -0.25) is 14.9 Å². The topological polar surface area (TPSA) is 153 Å². The number of nitro groups is 1. The van der Waals surface area contributed by atoms with Gasteiger partial charge in [0.2, 0.25) is 0 Å². The summed E-state index contributed by atoms with van der Waals surface area (Å²) in [6, 6.07) is 17.2. The zero-order chi connectivity index (χ0) is 31.6. The fourth-order valence-electron chi connectivity index (χ4n) is 4.23. The molecule has 0 spiro atoms. The molecule has 1 atom stereocenters. The van der Waals surface area contributed by atoms with E-state index in [4.69, 9.17) is 38.0 Å². The van der Waals surface area contributed by atoms with Crippen LogP contribution in [0, 0.1) is 10.1 Å². The molecular weight excluding hydrogens is 610 g/mol. The Hall–Kier alpha value is -5.01. The number of allylic oxidation sites excluding steroid dienone is 1. The second-order valence-corrected chi connectivity index (χ2v) is 10.1. The van der Waals surface area contributed by atoms with Gasteiger partial charge in [-0.15, -0.1) is 0 Å². The SMILES string of the molecule is CCOC(=O)C1=C(C)NC(=S)N[C@@H]1c1ccccc1OCC(=O)NN=Cc1cc(Cl)ccc1OCc1ccc([N+](=O)[O-])cc1. The Bertz CT molecular complexity index is 1630. The molecule has 14 heteroatoms. The minimum atomic E-state index is -0.660. The second kappa shape index (κ2) is 14.9. The smallest absolute Gasteiger partial charge is 0.338 e. The minimum Gasteiger partial charge on any atom is -0.488 e. The van der Waals surface area contributed by atoms with Crippen molar-refractivity contribution in [3.63, 3.8) is 0 Å². The number of nitro benzene ring substituents is 1. The van der Waals surface area contributed by atoms with E-state index in [0.29, 0.717) is 44.0 Å². The molecule has 4 rings (SSSR count). The maximum Gasteiger partial charge on any atom is 0.338 e. The van der Waals surface area contributed by atoms with Gasteiger partial charge in [-0.2, -0.15) is 5.10 Å². The monoisotopic (exact) mass is 637 g/mol. The predicted octanol–water partition coefficient (Wildman–Crippen LogP) is 4.71. The summed E-state index contributed by atoms with van der Waals surface area (Å²) in [5.41, 5.74) is 5.09. The number of thiocarbonyl (C=S) groups is 1. The van der Waals surface area contributed by atoms with E-state index in [0.717, 1.165) is 5.56 Å². The number of esters is 1. The molecule has 0 fully saturated rings. The maximum atomic E-state index is 12.7. The Morgan fingerprint density at radius 1 is 1.11 bits per heavy atom. The summed E-state index contributed by atoms with van der Waals surface area (Å²) in [4.78, 5) is 35.7. The lowest BCUT2D eigenvalue weighted by atomic mass is 9.95. The Morgan fingerprint density at radius 2 is 1.86 bits per heavy atom. The number of ether oxygens (including phenoxy) is 3. The molecule has 0 radical (unpaired) electrons. The van der Waals surface area contributed by atoms with Crippen LogP contribution in [-0.2, 0) is 20.9 Å². The zero-order valence-corrected chi connectivity index (χ0v) is 25.2. The van der Waals surface area contributed by atoms with Crippen LogP contribution in [-0.4, -0.2) is 41.3 Å². The van der Waals surface area contributed by atoms with Gasteiger partial charge in [-0.05, 0) is 68.0 Å². The van der Waals surface area contributed by atoms with Gasteiger partial charge in [-0.25, -0.2) is 10.2 Å². The number of hydrogen-bond acceptors (Lipinski definition) is 9. The third kappa shape index (κ3) is 8.30. The number of non-ortho nitro benzene ring substituents is 1. The summed E-state index contributed by atoms with van der Waals surface area (Å²) < 4.78 is 16.9. The number of hydrogen-bond donors (Lipinski definition) is 3. The van der Waals surface area contributed by atoms with Crippen LogP contribution in [0.5, 0.6) is 11.5 Å². The van der Waals surface area contributed by atoms with E-state index in [1.165, 1.54) is 18.3 Å². The van der Waals surface area contributed by atoms with Gasteiger partial charge in [0.15, 0.2) is 11.7 Å². The van der Waals surface area contributed by atoms with Crippen LogP contribution in [0.25, 0.3) is 0 Å². The number of nitrogens with one attached hydrogen (secondary N) is 3. The molecule has 1 aliphatic rings. The molecule has 1 amide bonds. The number of hydrazone groups is 1. The number of amides is 1. The van der Waals surface area contributed by atoms with Gasteiger partial charge in [-0.1, -0.05) is 29.8 Å². The van der Waals surface area contributed by atoms with Gasteiger partial charge < -0.3 is 24.8 Å². The van der Waals surface area contributed by atoms with Crippen LogP contribution in [0.4, 0.5) is 5.69 Å². The number of carbonyl (C=O) groups excluding carboxylic acids is 2. The van der Waals surface area contributed by atoms with E-state index >= 15 is 0 Å². The van der Waals surface area contributed by atoms with Crippen molar-refractivity contribution in [3.8, 4) is 11.5 Å². The zero-order valence-electron chi connectivity index (χ0n) is 23.7. The van der Waals surface area contributed by atoms with Gasteiger partial charge in [0.25, 0.3) is 11.6 Å². The van der Waals surface area contributed by atoms with Crippen molar-refractivity contribution in [3.05, 3.63) is 110 Å². The largest absolute Gasteiger partial charge is 0.488 e. The van der Waals surface area contributed by atoms with Crippen molar-refractivity contribution >= 4 is 52.7 Å². The third-order valence-electron chi connectivity index (χ3n) is 6.26. The molecule has 3 aromatic carbocycles. The van der Waals surface area contributed by atoms with Crippen molar-refractivity contribution in [1.82, 2.24) is 16.1 Å². The fourth-order valence-corrected chi connectivity index (χ4v) is 4.68. The quantitative estimate of drug-likeness (QED) is 0.0836. The highest BCUT2D eigenvalue weighted by Gasteiger charge is 2.32. The lowest BCUT2D eigenvalue weighted by Gasteiger charge is -2.30. The van der Waals surface area contributed by atoms with Gasteiger partial charge in [0.1, 0.15) is 18.1 Å². The fraction of sp³-hybridized carbons (Fsp3) is 0.200. The van der Waals surface area contributed by atoms with Gasteiger partial charge >= 0.3 is 5.97 Å². The van der Waals surface area contributed by atoms with Gasteiger partial charge in [0.05, 0.1) is 29.4 Å². The van der Waals surface area contributed by atoms with Gasteiger partial charge in [0, 0.05) is 34.0 Å². The molecule has 1 heterocycles. The summed E-state index contributed by atoms with van der Waals surface area (Å²) in [5, 5.41) is 21.7. The first kappa shape index (κ1) is 31.9. The van der Waals surface area contributed by atoms with Crippen LogP contribution >= 0.6 is 23.8 Å². The summed E-state index contributed by atoms with van der Waals surface area (Å²) in [5.74, 6) is -0.252. The highest BCUT2D eigenvalue weighted by atomic mass is 35.5. The van der Waals surface area contributed by atoms with Crippen molar-refractivity contribution in [2.24, 2.45) is 5.10 Å². The summed E-state index contributed by atoms with van der Waals surface area (Å²) in [7, 11) is 0. The molecule has 0 unspecified atom stereocenters. The average Bonchev–Trinajstić information content (AvgIpc) is 2.99.